The Bertz CT molecular complexity index is 285. The lowest BCUT2D eigenvalue weighted by atomic mass is 10.0. The van der Waals surface area contributed by atoms with Crippen LogP contribution in [0, 0.1) is 0 Å². The van der Waals surface area contributed by atoms with Crippen LogP contribution in [0.3, 0.4) is 0 Å². The molecule has 2 atom stereocenters. The number of nitrogens with one attached hydrogen (secondary N) is 1. The lowest BCUT2D eigenvalue weighted by molar-refractivity contribution is -0.143. The van der Waals surface area contributed by atoms with Gasteiger partial charge >= 0.3 is 0 Å². The van der Waals surface area contributed by atoms with E-state index in [9.17, 15) is 9.59 Å². The zero-order valence-electron chi connectivity index (χ0n) is 10.8. The molecule has 0 radical (unpaired) electrons. The van der Waals surface area contributed by atoms with Crippen molar-refractivity contribution in [2.75, 3.05) is 26.7 Å². The first-order chi connectivity index (χ1) is 8.08. The average molecular weight is 280 g/mol. The van der Waals surface area contributed by atoms with Crippen molar-refractivity contribution < 1.29 is 14.3 Å². The molecule has 2 amide bonds. The summed E-state index contributed by atoms with van der Waals surface area (Å²) in [6, 6.07) is 0.0421. The van der Waals surface area contributed by atoms with E-state index in [0.29, 0.717) is 13.1 Å². The molecule has 3 N–H and O–H groups in total. The zero-order chi connectivity index (χ0) is 12.8. The number of ether oxygens (including phenoxy) is 1. The number of hydrogen-bond donors (Lipinski definition) is 2. The smallest absolute Gasteiger partial charge is 0.253 e. The second kappa shape index (κ2) is 8.29. The Morgan fingerprint density at radius 3 is 2.72 bits per heavy atom. The van der Waals surface area contributed by atoms with E-state index in [1.807, 2.05) is 0 Å². The van der Waals surface area contributed by atoms with E-state index in [0.717, 1.165) is 12.8 Å². The van der Waals surface area contributed by atoms with Gasteiger partial charge in [-0.15, -0.1) is 12.4 Å². The highest BCUT2D eigenvalue weighted by Gasteiger charge is 2.28. The topological polar surface area (TPSA) is 84.7 Å². The summed E-state index contributed by atoms with van der Waals surface area (Å²) in [6.45, 7) is 2.91. The molecule has 18 heavy (non-hydrogen) atoms. The number of halogens is 1. The normalized spacial score (nSPS) is 20.8. The van der Waals surface area contributed by atoms with Crippen LogP contribution >= 0.6 is 12.4 Å². The van der Waals surface area contributed by atoms with Crippen molar-refractivity contribution in [3.05, 3.63) is 0 Å². The Labute approximate surface area is 114 Å². The SMILES string of the molecule is COC(CN)C(=O)N1CCCC(NC(C)=O)C1.Cl. The fourth-order valence-electron chi connectivity index (χ4n) is 2.08. The number of piperidine rings is 1. The van der Waals surface area contributed by atoms with Crippen LogP contribution in [0.25, 0.3) is 0 Å². The number of nitrogens with zero attached hydrogens (tertiary/aromatic N) is 1. The summed E-state index contributed by atoms with van der Waals surface area (Å²) in [5, 5.41) is 2.84. The zero-order valence-corrected chi connectivity index (χ0v) is 11.7. The molecule has 106 valence electrons. The van der Waals surface area contributed by atoms with Crippen LogP contribution in [0.1, 0.15) is 19.8 Å². The first-order valence-electron chi connectivity index (χ1n) is 5.87. The third-order valence-electron chi connectivity index (χ3n) is 2.91. The first-order valence-corrected chi connectivity index (χ1v) is 5.87. The third-order valence-corrected chi connectivity index (χ3v) is 2.91. The molecule has 0 aromatic heterocycles. The number of carbonyl (C=O) groups excluding carboxylic acids is 2. The molecule has 1 saturated heterocycles. The summed E-state index contributed by atoms with van der Waals surface area (Å²) in [5.41, 5.74) is 5.46. The van der Waals surface area contributed by atoms with Gasteiger partial charge in [0, 0.05) is 39.7 Å². The summed E-state index contributed by atoms with van der Waals surface area (Å²) in [5.74, 6) is -0.156. The third kappa shape index (κ3) is 4.80. The van der Waals surface area contributed by atoms with Gasteiger partial charge in [-0.2, -0.15) is 0 Å². The quantitative estimate of drug-likeness (QED) is 0.727. The number of likely N-dealkylation sites (tertiary alicyclic amines) is 1. The van der Waals surface area contributed by atoms with E-state index in [1.165, 1.54) is 14.0 Å². The van der Waals surface area contributed by atoms with Crippen molar-refractivity contribution in [2.45, 2.75) is 31.9 Å². The maximum absolute atomic E-state index is 12.0. The van der Waals surface area contributed by atoms with E-state index in [4.69, 9.17) is 10.5 Å². The van der Waals surface area contributed by atoms with E-state index >= 15 is 0 Å². The van der Waals surface area contributed by atoms with Gasteiger partial charge in [-0.1, -0.05) is 0 Å². The highest BCUT2D eigenvalue weighted by atomic mass is 35.5. The molecule has 1 aliphatic heterocycles. The van der Waals surface area contributed by atoms with Crippen molar-refractivity contribution in [3.8, 4) is 0 Å². The molecule has 1 heterocycles. The van der Waals surface area contributed by atoms with Gasteiger partial charge in [-0.25, -0.2) is 0 Å². The number of nitrogens with two attached hydrogens (primary N) is 1. The molecule has 0 aromatic carbocycles. The minimum Gasteiger partial charge on any atom is -0.370 e. The number of hydrogen-bond acceptors (Lipinski definition) is 4. The van der Waals surface area contributed by atoms with Gasteiger partial charge in [0.05, 0.1) is 0 Å². The molecular formula is C11H22ClN3O3. The van der Waals surface area contributed by atoms with Crippen LogP contribution in [0.5, 0.6) is 0 Å². The van der Waals surface area contributed by atoms with Crippen LogP contribution in [-0.2, 0) is 14.3 Å². The molecule has 0 bridgehead atoms. The molecular weight excluding hydrogens is 258 g/mol. The van der Waals surface area contributed by atoms with Crippen LogP contribution in [-0.4, -0.2) is 55.6 Å². The standard InChI is InChI=1S/C11H21N3O3.ClH/c1-8(15)13-9-4-3-5-14(7-9)11(16)10(6-12)17-2;/h9-10H,3-7,12H2,1-2H3,(H,13,15);1H. The van der Waals surface area contributed by atoms with E-state index in [2.05, 4.69) is 5.32 Å². The van der Waals surface area contributed by atoms with E-state index in [-0.39, 0.29) is 36.8 Å². The number of carbonyl (C=O) groups is 2. The predicted octanol–water partition coefficient (Wildman–Crippen LogP) is -0.491. The van der Waals surface area contributed by atoms with Crippen LogP contribution in [0.15, 0.2) is 0 Å². The summed E-state index contributed by atoms with van der Waals surface area (Å²) in [4.78, 5) is 24.7. The average Bonchev–Trinajstić information content (AvgIpc) is 2.30. The molecule has 1 fully saturated rings. The molecule has 1 rings (SSSR count). The minimum atomic E-state index is -0.578. The van der Waals surface area contributed by atoms with Crippen LogP contribution in [0.4, 0.5) is 0 Å². The monoisotopic (exact) mass is 279 g/mol. The maximum Gasteiger partial charge on any atom is 0.253 e. The Balaban J connectivity index is 0.00000289. The van der Waals surface area contributed by atoms with Gasteiger partial charge < -0.3 is 20.7 Å². The molecule has 0 aliphatic carbocycles. The highest BCUT2D eigenvalue weighted by molar-refractivity contribution is 5.85. The number of methoxy groups -OCH3 is 1. The van der Waals surface area contributed by atoms with Crippen molar-refractivity contribution in [1.29, 1.82) is 0 Å². The van der Waals surface area contributed by atoms with Gasteiger partial charge in [0.1, 0.15) is 6.10 Å². The summed E-state index contributed by atoms with van der Waals surface area (Å²) < 4.78 is 5.03. The van der Waals surface area contributed by atoms with Gasteiger partial charge in [-0.3, -0.25) is 9.59 Å². The molecule has 1 aliphatic rings. The van der Waals surface area contributed by atoms with Crippen LogP contribution in [0.2, 0.25) is 0 Å². The lowest BCUT2D eigenvalue weighted by Gasteiger charge is -2.34. The van der Waals surface area contributed by atoms with E-state index in [1.54, 1.807) is 4.90 Å². The second-order valence-electron chi connectivity index (χ2n) is 4.28. The summed E-state index contributed by atoms with van der Waals surface area (Å²) >= 11 is 0. The Hall–Kier alpha value is -0.850. The largest absolute Gasteiger partial charge is 0.370 e. The number of amides is 2. The van der Waals surface area contributed by atoms with Gasteiger partial charge in [0.15, 0.2) is 0 Å². The van der Waals surface area contributed by atoms with Gasteiger partial charge in [0.25, 0.3) is 5.91 Å². The Morgan fingerprint density at radius 1 is 1.56 bits per heavy atom. The van der Waals surface area contributed by atoms with E-state index < -0.39 is 6.10 Å². The maximum atomic E-state index is 12.0. The van der Waals surface area contributed by atoms with Crippen molar-refractivity contribution in [3.63, 3.8) is 0 Å². The Kier molecular flexibility index (Phi) is 7.90. The summed E-state index contributed by atoms with van der Waals surface area (Å²) in [7, 11) is 1.48. The molecule has 0 saturated carbocycles. The van der Waals surface area contributed by atoms with Gasteiger partial charge in [-0.05, 0) is 12.8 Å². The number of rotatable bonds is 4. The second-order valence-corrected chi connectivity index (χ2v) is 4.28. The van der Waals surface area contributed by atoms with Crippen molar-refractivity contribution >= 4 is 24.2 Å². The minimum absolute atomic E-state index is 0. The van der Waals surface area contributed by atoms with Crippen LogP contribution < -0.4 is 11.1 Å². The lowest BCUT2D eigenvalue weighted by Crippen LogP contribution is -2.53. The summed E-state index contributed by atoms with van der Waals surface area (Å²) in [6.07, 6.45) is 1.22. The molecule has 0 spiro atoms. The highest BCUT2D eigenvalue weighted by Crippen LogP contribution is 2.12. The fraction of sp³-hybridized carbons (Fsp3) is 0.818. The predicted molar refractivity (Wildman–Crippen MR) is 70.5 cm³/mol. The first kappa shape index (κ1) is 17.2. The fourth-order valence-corrected chi connectivity index (χ4v) is 2.08. The molecule has 2 unspecified atom stereocenters. The van der Waals surface area contributed by atoms with Gasteiger partial charge in [0.2, 0.25) is 5.91 Å². The van der Waals surface area contributed by atoms with Crippen molar-refractivity contribution in [2.24, 2.45) is 5.73 Å². The van der Waals surface area contributed by atoms with Crippen molar-refractivity contribution in [1.82, 2.24) is 10.2 Å². The molecule has 6 nitrogen and oxygen atoms in total. The Morgan fingerprint density at radius 2 is 2.22 bits per heavy atom. The molecule has 0 aromatic rings. The molecule has 7 heteroatoms.